The minimum Gasteiger partial charge on any atom is -0.493 e. The number of benzene rings is 1. The number of carbonyl (C=O) groups is 1. The second-order valence-electron chi connectivity index (χ2n) is 6.31. The van der Waals surface area contributed by atoms with E-state index in [0.29, 0.717) is 24.5 Å². The Kier molecular flexibility index (Phi) is 4.71. The predicted octanol–water partition coefficient (Wildman–Crippen LogP) is 2.76. The molecule has 2 unspecified atom stereocenters. The summed E-state index contributed by atoms with van der Waals surface area (Å²) in [4.78, 5) is 11.4. The molecule has 0 spiro atoms. The summed E-state index contributed by atoms with van der Waals surface area (Å²) in [6, 6.07) is 8.02. The highest BCUT2D eigenvalue weighted by atomic mass is 16.5. The van der Waals surface area contributed by atoms with E-state index in [0.717, 1.165) is 18.4 Å². The van der Waals surface area contributed by atoms with Crippen molar-refractivity contribution in [3.63, 3.8) is 0 Å². The highest BCUT2D eigenvalue weighted by Gasteiger charge is 2.31. The van der Waals surface area contributed by atoms with Crippen LogP contribution in [-0.2, 0) is 4.79 Å². The molecular formula is C18H22N2O3. The maximum absolute atomic E-state index is 11.4. The van der Waals surface area contributed by atoms with Crippen molar-refractivity contribution >= 4 is 5.91 Å². The average molecular weight is 314 g/mol. The summed E-state index contributed by atoms with van der Waals surface area (Å²) >= 11 is 0. The van der Waals surface area contributed by atoms with Crippen LogP contribution < -0.4 is 14.8 Å². The van der Waals surface area contributed by atoms with E-state index >= 15 is 0 Å². The molecule has 5 nitrogen and oxygen atoms in total. The van der Waals surface area contributed by atoms with E-state index < -0.39 is 0 Å². The lowest BCUT2D eigenvalue weighted by Gasteiger charge is -2.20. The van der Waals surface area contributed by atoms with Gasteiger partial charge >= 0.3 is 0 Å². The molecule has 1 saturated carbocycles. The van der Waals surface area contributed by atoms with Crippen molar-refractivity contribution < 1.29 is 14.3 Å². The van der Waals surface area contributed by atoms with Crippen molar-refractivity contribution in [1.82, 2.24) is 5.32 Å². The van der Waals surface area contributed by atoms with Crippen molar-refractivity contribution in [2.75, 3.05) is 13.7 Å². The van der Waals surface area contributed by atoms with Crippen molar-refractivity contribution in [2.24, 2.45) is 5.92 Å². The van der Waals surface area contributed by atoms with Gasteiger partial charge in [0.1, 0.15) is 0 Å². The van der Waals surface area contributed by atoms with E-state index in [1.54, 1.807) is 7.11 Å². The molecule has 122 valence electrons. The molecule has 2 atom stereocenters. The van der Waals surface area contributed by atoms with Crippen LogP contribution in [0.3, 0.4) is 0 Å². The van der Waals surface area contributed by atoms with Gasteiger partial charge in [-0.2, -0.15) is 5.26 Å². The summed E-state index contributed by atoms with van der Waals surface area (Å²) in [5.74, 6) is 1.12. The summed E-state index contributed by atoms with van der Waals surface area (Å²) in [7, 11) is 1.62. The Morgan fingerprint density at radius 2 is 2.09 bits per heavy atom. The molecule has 0 aromatic heterocycles. The summed E-state index contributed by atoms with van der Waals surface area (Å²) in [5, 5.41) is 12.4. The van der Waals surface area contributed by atoms with Gasteiger partial charge in [-0.3, -0.25) is 4.79 Å². The standard InChI is InChI=1S/C18H22N2O3/c1-22-16-7-6-12(8-17(16)23-14-4-2-3-5-14)15(10-19)13-9-18(21)20-11-13/h6-8,13-15H,2-5,9,11H2,1H3,(H,20,21). The van der Waals surface area contributed by atoms with Crippen LogP contribution in [0.15, 0.2) is 18.2 Å². The zero-order chi connectivity index (χ0) is 16.2. The maximum atomic E-state index is 11.4. The Hall–Kier alpha value is -2.22. The molecule has 1 aromatic carbocycles. The van der Waals surface area contributed by atoms with E-state index in [1.165, 1.54) is 12.8 Å². The van der Waals surface area contributed by atoms with Crippen LogP contribution in [0.1, 0.15) is 43.6 Å². The van der Waals surface area contributed by atoms with Crippen LogP contribution in [0.5, 0.6) is 11.5 Å². The first-order valence-electron chi connectivity index (χ1n) is 8.22. The first kappa shape index (κ1) is 15.7. The minimum atomic E-state index is -0.314. The molecule has 0 radical (unpaired) electrons. The topological polar surface area (TPSA) is 71.3 Å². The average Bonchev–Trinajstić information content (AvgIpc) is 3.20. The normalized spacial score (nSPS) is 22.4. The van der Waals surface area contributed by atoms with Crippen molar-refractivity contribution in [3.05, 3.63) is 23.8 Å². The first-order chi connectivity index (χ1) is 11.2. The second kappa shape index (κ2) is 6.91. The van der Waals surface area contributed by atoms with Crippen molar-refractivity contribution in [3.8, 4) is 17.6 Å². The van der Waals surface area contributed by atoms with Gasteiger partial charge < -0.3 is 14.8 Å². The number of nitriles is 1. The Morgan fingerprint density at radius 3 is 2.70 bits per heavy atom. The van der Waals surface area contributed by atoms with Crippen molar-refractivity contribution in [1.29, 1.82) is 5.26 Å². The minimum absolute atomic E-state index is 0.0141. The van der Waals surface area contributed by atoms with Gasteiger partial charge in [0.2, 0.25) is 5.91 Å². The highest BCUT2D eigenvalue weighted by molar-refractivity contribution is 5.78. The monoisotopic (exact) mass is 314 g/mol. The Bertz CT molecular complexity index is 617. The van der Waals surface area contributed by atoms with E-state index in [9.17, 15) is 10.1 Å². The van der Waals surface area contributed by atoms with E-state index in [4.69, 9.17) is 9.47 Å². The van der Waals surface area contributed by atoms with Crippen LogP contribution in [-0.4, -0.2) is 25.7 Å². The fourth-order valence-electron chi connectivity index (χ4n) is 3.48. The molecule has 1 heterocycles. The number of methoxy groups -OCH3 is 1. The third kappa shape index (κ3) is 3.42. The molecule has 2 fully saturated rings. The van der Waals surface area contributed by atoms with Gasteiger partial charge in [0.15, 0.2) is 11.5 Å². The Morgan fingerprint density at radius 1 is 1.30 bits per heavy atom. The van der Waals surface area contributed by atoms with E-state index in [2.05, 4.69) is 11.4 Å². The molecule has 3 rings (SSSR count). The third-order valence-electron chi connectivity index (χ3n) is 4.76. The van der Waals surface area contributed by atoms with Gasteiger partial charge in [-0.25, -0.2) is 0 Å². The third-order valence-corrected chi connectivity index (χ3v) is 4.76. The lowest BCUT2D eigenvalue weighted by Crippen LogP contribution is -2.17. The summed E-state index contributed by atoms with van der Waals surface area (Å²) in [5.41, 5.74) is 0.891. The van der Waals surface area contributed by atoms with Crippen LogP contribution in [0.25, 0.3) is 0 Å². The van der Waals surface area contributed by atoms with Gasteiger partial charge in [-0.1, -0.05) is 6.07 Å². The van der Waals surface area contributed by atoms with E-state index in [1.807, 2.05) is 18.2 Å². The molecule has 5 heteroatoms. The van der Waals surface area contributed by atoms with Gasteiger partial charge in [0, 0.05) is 18.9 Å². The Labute approximate surface area is 136 Å². The van der Waals surface area contributed by atoms with Gasteiger partial charge in [0.25, 0.3) is 0 Å². The number of hydrogen-bond acceptors (Lipinski definition) is 4. The van der Waals surface area contributed by atoms with Crippen LogP contribution in [0, 0.1) is 17.2 Å². The highest BCUT2D eigenvalue weighted by Crippen LogP contribution is 2.37. The predicted molar refractivity (Wildman–Crippen MR) is 85.3 cm³/mol. The van der Waals surface area contributed by atoms with Crippen LogP contribution >= 0.6 is 0 Å². The molecule has 1 aromatic rings. The molecule has 2 aliphatic rings. The zero-order valence-corrected chi connectivity index (χ0v) is 13.4. The van der Waals surface area contributed by atoms with Crippen molar-refractivity contribution in [2.45, 2.75) is 44.1 Å². The number of rotatable bonds is 5. The molecule has 1 aliphatic carbocycles. The molecule has 1 aliphatic heterocycles. The van der Waals surface area contributed by atoms with Crippen LogP contribution in [0.4, 0.5) is 0 Å². The fraction of sp³-hybridized carbons (Fsp3) is 0.556. The second-order valence-corrected chi connectivity index (χ2v) is 6.31. The number of amides is 1. The maximum Gasteiger partial charge on any atom is 0.220 e. The quantitative estimate of drug-likeness (QED) is 0.907. The number of ether oxygens (including phenoxy) is 2. The number of hydrogen-bond donors (Lipinski definition) is 1. The number of nitrogens with zero attached hydrogens (tertiary/aromatic N) is 1. The Balaban J connectivity index is 1.83. The SMILES string of the molecule is COc1ccc(C(C#N)C2CNC(=O)C2)cc1OC1CCCC1. The molecule has 23 heavy (non-hydrogen) atoms. The van der Waals surface area contributed by atoms with E-state index in [-0.39, 0.29) is 23.8 Å². The number of nitrogens with one attached hydrogen (secondary N) is 1. The number of carbonyl (C=O) groups excluding carboxylic acids is 1. The fourth-order valence-corrected chi connectivity index (χ4v) is 3.48. The smallest absolute Gasteiger partial charge is 0.220 e. The molecule has 1 N–H and O–H groups in total. The van der Waals surface area contributed by atoms with Gasteiger partial charge in [0.05, 0.1) is 25.2 Å². The molecule has 1 amide bonds. The lowest BCUT2D eigenvalue weighted by molar-refractivity contribution is -0.119. The summed E-state index contributed by atoms with van der Waals surface area (Å²) in [6.07, 6.45) is 5.16. The molecule has 0 bridgehead atoms. The lowest BCUT2D eigenvalue weighted by atomic mass is 9.86. The first-order valence-corrected chi connectivity index (χ1v) is 8.22. The molecule has 1 saturated heterocycles. The van der Waals surface area contributed by atoms with Gasteiger partial charge in [-0.05, 0) is 43.4 Å². The van der Waals surface area contributed by atoms with Crippen LogP contribution in [0.2, 0.25) is 0 Å². The van der Waals surface area contributed by atoms with Gasteiger partial charge in [-0.15, -0.1) is 0 Å². The largest absolute Gasteiger partial charge is 0.493 e. The summed E-state index contributed by atoms with van der Waals surface area (Å²) < 4.78 is 11.5. The zero-order valence-electron chi connectivity index (χ0n) is 13.4. The molecular weight excluding hydrogens is 292 g/mol. The summed E-state index contributed by atoms with van der Waals surface area (Å²) in [6.45, 7) is 0.557.